The lowest BCUT2D eigenvalue weighted by molar-refractivity contribution is 0.156. The summed E-state index contributed by atoms with van der Waals surface area (Å²) in [7, 11) is 0. The van der Waals surface area contributed by atoms with Crippen LogP contribution in [-0.4, -0.2) is 12.7 Å². The van der Waals surface area contributed by atoms with E-state index in [0.29, 0.717) is 6.10 Å². The van der Waals surface area contributed by atoms with Crippen molar-refractivity contribution in [2.45, 2.75) is 33.3 Å². The Hall–Kier alpha value is -0.0400. The maximum Gasteiger partial charge on any atom is 0.0840 e. The molecule has 2 bridgehead atoms. The summed E-state index contributed by atoms with van der Waals surface area (Å²) in [4.78, 5) is 0. The van der Waals surface area contributed by atoms with Crippen LogP contribution in [0.2, 0.25) is 0 Å². The molecule has 1 nitrogen and oxygen atoms in total. The third-order valence-electron chi connectivity index (χ3n) is 5.27. The molecular formula is C12H20O. The average Bonchev–Trinajstić information content (AvgIpc) is 2.85. The zero-order chi connectivity index (χ0) is 9.16. The number of fused-ring (bicyclic) bond motifs is 2. The van der Waals surface area contributed by atoms with Gasteiger partial charge in [0.2, 0.25) is 0 Å². The molecular weight excluding hydrogens is 160 g/mol. The number of hydrogen-bond acceptors (Lipinski definition) is 1. The van der Waals surface area contributed by atoms with Crippen LogP contribution in [0, 0.1) is 35.5 Å². The van der Waals surface area contributed by atoms with Gasteiger partial charge in [0, 0.05) is 0 Å². The van der Waals surface area contributed by atoms with Gasteiger partial charge in [-0.3, -0.25) is 0 Å². The highest BCUT2D eigenvalue weighted by Crippen LogP contribution is 2.60. The largest absolute Gasteiger partial charge is 0.373 e. The normalized spacial score (nSPS) is 64.4. The van der Waals surface area contributed by atoms with Crippen LogP contribution in [0.3, 0.4) is 0 Å². The summed E-state index contributed by atoms with van der Waals surface area (Å²) in [5, 5.41) is 0. The second kappa shape index (κ2) is 2.50. The van der Waals surface area contributed by atoms with Crippen LogP contribution >= 0.6 is 0 Å². The van der Waals surface area contributed by atoms with Crippen LogP contribution in [-0.2, 0) is 4.74 Å². The van der Waals surface area contributed by atoms with Crippen molar-refractivity contribution in [2.24, 2.45) is 35.5 Å². The Morgan fingerprint density at radius 2 is 1.62 bits per heavy atom. The Morgan fingerprint density at radius 3 is 2.08 bits per heavy atom. The van der Waals surface area contributed by atoms with Crippen LogP contribution in [0.5, 0.6) is 0 Å². The number of hydrogen-bond donors (Lipinski definition) is 0. The van der Waals surface area contributed by atoms with E-state index < -0.39 is 0 Å². The van der Waals surface area contributed by atoms with Crippen molar-refractivity contribution in [1.29, 1.82) is 0 Å². The monoisotopic (exact) mass is 180 g/mol. The molecule has 0 aromatic rings. The highest BCUT2D eigenvalue weighted by atomic mass is 16.6. The topological polar surface area (TPSA) is 12.5 Å². The molecule has 3 rings (SSSR count). The average molecular weight is 180 g/mol. The highest BCUT2D eigenvalue weighted by molar-refractivity contribution is 5.05. The summed E-state index contributed by atoms with van der Waals surface area (Å²) in [6.07, 6.45) is 2.12. The first-order chi connectivity index (χ1) is 6.20. The van der Waals surface area contributed by atoms with Crippen molar-refractivity contribution < 1.29 is 4.74 Å². The van der Waals surface area contributed by atoms with Crippen LogP contribution < -0.4 is 0 Å². The SMILES string of the molecule is CC1C(C)C2C(C)C1CC2C1CO1. The van der Waals surface area contributed by atoms with Gasteiger partial charge in [-0.05, 0) is 41.9 Å². The van der Waals surface area contributed by atoms with Crippen molar-refractivity contribution in [2.75, 3.05) is 6.61 Å². The first-order valence-electron chi connectivity index (χ1n) is 5.81. The van der Waals surface area contributed by atoms with Crippen LogP contribution in [0.15, 0.2) is 0 Å². The van der Waals surface area contributed by atoms with Gasteiger partial charge >= 0.3 is 0 Å². The molecule has 2 aliphatic carbocycles. The van der Waals surface area contributed by atoms with Gasteiger partial charge in [0.15, 0.2) is 0 Å². The lowest BCUT2D eigenvalue weighted by Crippen LogP contribution is -2.27. The Balaban J connectivity index is 1.85. The number of rotatable bonds is 1. The smallest absolute Gasteiger partial charge is 0.0840 e. The van der Waals surface area contributed by atoms with Gasteiger partial charge in [-0.25, -0.2) is 0 Å². The molecule has 0 N–H and O–H groups in total. The fraction of sp³-hybridized carbons (Fsp3) is 1.00. The summed E-state index contributed by atoms with van der Waals surface area (Å²) < 4.78 is 5.48. The zero-order valence-corrected chi connectivity index (χ0v) is 8.86. The summed E-state index contributed by atoms with van der Waals surface area (Å²) in [5.74, 6) is 5.80. The van der Waals surface area contributed by atoms with Crippen molar-refractivity contribution in [3.8, 4) is 0 Å². The molecule has 1 aliphatic heterocycles. The molecule has 0 aromatic carbocycles. The van der Waals surface area contributed by atoms with E-state index in [9.17, 15) is 0 Å². The van der Waals surface area contributed by atoms with Gasteiger partial charge in [0.05, 0.1) is 12.7 Å². The predicted octanol–water partition coefficient (Wildman–Crippen LogP) is 2.56. The van der Waals surface area contributed by atoms with Crippen molar-refractivity contribution >= 4 is 0 Å². The minimum absolute atomic E-state index is 0.660. The third kappa shape index (κ3) is 0.971. The van der Waals surface area contributed by atoms with Gasteiger partial charge in [0.25, 0.3) is 0 Å². The molecule has 0 aromatic heterocycles. The molecule has 13 heavy (non-hydrogen) atoms. The standard InChI is InChI=1S/C12H20O/c1-6-7(2)12-8(3)9(6)4-10(12)11-5-13-11/h6-12H,4-5H2,1-3H3. The number of ether oxygens (including phenoxy) is 1. The Kier molecular flexibility index (Phi) is 1.59. The number of epoxide rings is 1. The molecule has 3 fully saturated rings. The summed E-state index contributed by atoms with van der Waals surface area (Å²) in [6, 6.07) is 0. The lowest BCUT2D eigenvalue weighted by Gasteiger charge is -2.30. The van der Waals surface area contributed by atoms with Gasteiger partial charge in [-0.15, -0.1) is 0 Å². The maximum absolute atomic E-state index is 5.48. The molecule has 1 saturated heterocycles. The third-order valence-corrected chi connectivity index (χ3v) is 5.27. The van der Waals surface area contributed by atoms with Crippen LogP contribution in [0.4, 0.5) is 0 Å². The van der Waals surface area contributed by atoms with E-state index in [1.54, 1.807) is 0 Å². The first-order valence-corrected chi connectivity index (χ1v) is 5.81. The Labute approximate surface area is 80.8 Å². The molecule has 3 aliphatic rings. The van der Waals surface area contributed by atoms with E-state index in [4.69, 9.17) is 4.74 Å². The highest BCUT2D eigenvalue weighted by Gasteiger charge is 2.57. The van der Waals surface area contributed by atoms with E-state index >= 15 is 0 Å². The van der Waals surface area contributed by atoms with Crippen LogP contribution in [0.1, 0.15) is 27.2 Å². The molecule has 0 radical (unpaired) electrons. The van der Waals surface area contributed by atoms with E-state index in [-0.39, 0.29) is 0 Å². The maximum atomic E-state index is 5.48. The van der Waals surface area contributed by atoms with E-state index in [1.165, 1.54) is 6.42 Å². The summed E-state index contributed by atoms with van der Waals surface area (Å²) in [5.41, 5.74) is 0. The zero-order valence-electron chi connectivity index (χ0n) is 8.86. The Morgan fingerprint density at radius 1 is 0.923 bits per heavy atom. The van der Waals surface area contributed by atoms with Crippen molar-refractivity contribution in [3.63, 3.8) is 0 Å². The van der Waals surface area contributed by atoms with Gasteiger partial charge in [-0.2, -0.15) is 0 Å². The summed E-state index contributed by atoms with van der Waals surface area (Å²) >= 11 is 0. The molecule has 2 saturated carbocycles. The van der Waals surface area contributed by atoms with Gasteiger partial charge < -0.3 is 4.74 Å². The molecule has 0 amide bonds. The second-order valence-corrected chi connectivity index (χ2v) is 5.59. The minimum Gasteiger partial charge on any atom is -0.373 e. The predicted molar refractivity (Wildman–Crippen MR) is 52.3 cm³/mol. The fourth-order valence-electron chi connectivity index (χ4n) is 4.37. The fourth-order valence-corrected chi connectivity index (χ4v) is 4.37. The van der Waals surface area contributed by atoms with Gasteiger partial charge in [0.1, 0.15) is 0 Å². The van der Waals surface area contributed by atoms with Crippen LogP contribution in [0.25, 0.3) is 0 Å². The molecule has 7 unspecified atom stereocenters. The minimum atomic E-state index is 0.660. The quantitative estimate of drug-likeness (QED) is 0.565. The molecule has 74 valence electrons. The van der Waals surface area contributed by atoms with E-state index in [2.05, 4.69) is 20.8 Å². The summed E-state index contributed by atoms with van der Waals surface area (Å²) in [6.45, 7) is 8.44. The van der Waals surface area contributed by atoms with E-state index in [0.717, 1.165) is 42.1 Å². The lowest BCUT2D eigenvalue weighted by atomic mass is 9.74. The molecule has 7 atom stereocenters. The van der Waals surface area contributed by atoms with Crippen molar-refractivity contribution in [3.05, 3.63) is 0 Å². The van der Waals surface area contributed by atoms with Gasteiger partial charge in [-0.1, -0.05) is 20.8 Å². The first kappa shape index (κ1) is 8.28. The second-order valence-electron chi connectivity index (χ2n) is 5.59. The molecule has 1 heteroatoms. The molecule has 0 spiro atoms. The van der Waals surface area contributed by atoms with Crippen molar-refractivity contribution in [1.82, 2.24) is 0 Å². The molecule has 1 heterocycles. The Bertz CT molecular complexity index is 217. The van der Waals surface area contributed by atoms with E-state index in [1.807, 2.05) is 0 Å².